The van der Waals surface area contributed by atoms with E-state index in [9.17, 15) is 34.8 Å². The van der Waals surface area contributed by atoms with Gasteiger partial charge in [0.05, 0.1) is 16.2 Å². The van der Waals surface area contributed by atoms with Crippen LogP contribution in [-0.4, -0.2) is 46.5 Å². The third kappa shape index (κ3) is 5.74. The van der Waals surface area contributed by atoms with Crippen LogP contribution in [0.5, 0.6) is 0 Å². The minimum absolute atomic E-state index is 0.0228. The number of hydrogen-bond acceptors (Lipinski definition) is 7. The molecular formula is C27H19ClF6N6O2S2. The lowest BCUT2D eigenvalue weighted by Gasteiger charge is -2.32. The summed E-state index contributed by atoms with van der Waals surface area (Å²) in [6.45, 7) is -2.92. The fourth-order valence-corrected chi connectivity index (χ4v) is 7.28. The molecule has 0 bridgehead atoms. The lowest BCUT2D eigenvalue weighted by atomic mass is 9.92. The SMILES string of the molecule is O=S(=O)(N[C@H]1CC2=C(c3ccn(C(F)F)n3)[C@H](c3ccc(F)cc3Cl)N=C(c3nccs3)N2C1)c1ccc(C(F)(F)F)cc1. The fraction of sp³-hybridized carbons (Fsp3) is 0.222. The van der Waals surface area contributed by atoms with Gasteiger partial charge in [-0.3, -0.25) is 4.99 Å². The van der Waals surface area contributed by atoms with Crippen molar-refractivity contribution in [1.82, 2.24) is 24.4 Å². The zero-order valence-electron chi connectivity index (χ0n) is 22.0. The third-order valence-electron chi connectivity index (χ3n) is 7.04. The highest BCUT2D eigenvalue weighted by Gasteiger charge is 2.42. The van der Waals surface area contributed by atoms with Crippen LogP contribution in [0.3, 0.4) is 0 Å². The van der Waals surface area contributed by atoms with E-state index < -0.39 is 46.2 Å². The first kappa shape index (κ1) is 30.3. The van der Waals surface area contributed by atoms with Gasteiger partial charge in [0.25, 0.3) is 0 Å². The first-order valence-corrected chi connectivity index (χ1v) is 15.5. The Labute approximate surface area is 255 Å². The third-order valence-corrected chi connectivity index (χ3v) is 9.67. The van der Waals surface area contributed by atoms with E-state index in [-0.39, 0.29) is 28.6 Å². The number of alkyl halides is 5. The van der Waals surface area contributed by atoms with Gasteiger partial charge in [-0.1, -0.05) is 17.7 Å². The smallest absolute Gasteiger partial charge is 0.326 e. The number of fused-ring (bicyclic) bond motifs is 1. The highest BCUT2D eigenvalue weighted by Crippen LogP contribution is 2.46. The molecule has 2 atom stereocenters. The molecule has 8 nitrogen and oxygen atoms in total. The summed E-state index contributed by atoms with van der Waals surface area (Å²) in [6.07, 6.45) is -1.98. The topological polar surface area (TPSA) is 92.5 Å². The van der Waals surface area contributed by atoms with E-state index in [1.54, 1.807) is 16.5 Å². The molecule has 0 amide bonds. The zero-order chi connectivity index (χ0) is 31.4. The zero-order valence-corrected chi connectivity index (χ0v) is 24.4. The van der Waals surface area contributed by atoms with E-state index in [1.165, 1.54) is 29.5 Å². The van der Waals surface area contributed by atoms with E-state index in [0.717, 1.165) is 24.4 Å². The maximum absolute atomic E-state index is 14.0. The van der Waals surface area contributed by atoms with Crippen molar-refractivity contribution in [2.75, 3.05) is 6.54 Å². The van der Waals surface area contributed by atoms with Crippen molar-refractivity contribution < 1.29 is 34.8 Å². The van der Waals surface area contributed by atoms with Gasteiger partial charge in [-0.25, -0.2) is 27.2 Å². The number of benzene rings is 2. The van der Waals surface area contributed by atoms with Crippen molar-refractivity contribution in [1.29, 1.82) is 0 Å². The number of hydrogen-bond donors (Lipinski definition) is 1. The minimum atomic E-state index is -4.64. The van der Waals surface area contributed by atoms with Crippen LogP contribution in [0.15, 0.2) is 81.9 Å². The Kier molecular flexibility index (Phi) is 7.80. The molecule has 2 aliphatic heterocycles. The van der Waals surface area contributed by atoms with Crippen molar-refractivity contribution in [3.05, 3.63) is 105 Å². The van der Waals surface area contributed by atoms with Gasteiger partial charge in [0.1, 0.15) is 11.9 Å². The highest BCUT2D eigenvalue weighted by molar-refractivity contribution is 7.89. The van der Waals surface area contributed by atoms with E-state index in [2.05, 4.69) is 14.8 Å². The summed E-state index contributed by atoms with van der Waals surface area (Å²) in [5, 5.41) is 6.23. The Bertz CT molecular complexity index is 1870. The van der Waals surface area contributed by atoms with Crippen LogP contribution >= 0.6 is 22.9 Å². The molecule has 1 fully saturated rings. The van der Waals surface area contributed by atoms with Crippen LogP contribution in [0.2, 0.25) is 5.02 Å². The molecule has 0 spiro atoms. The number of nitrogens with one attached hydrogen (secondary N) is 1. The maximum atomic E-state index is 14.0. The molecule has 0 radical (unpaired) electrons. The summed E-state index contributed by atoms with van der Waals surface area (Å²) < 4.78 is 110. The monoisotopic (exact) mass is 672 g/mol. The quantitative estimate of drug-likeness (QED) is 0.226. The van der Waals surface area contributed by atoms with Gasteiger partial charge in [0.2, 0.25) is 10.0 Å². The summed E-state index contributed by atoms with van der Waals surface area (Å²) >= 11 is 7.70. The number of amidine groups is 1. The molecule has 2 aromatic heterocycles. The number of aromatic nitrogens is 3. The van der Waals surface area contributed by atoms with E-state index in [1.807, 2.05) is 0 Å². The number of rotatable bonds is 7. The predicted molar refractivity (Wildman–Crippen MR) is 150 cm³/mol. The highest BCUT2D eigenvalue weighted by atomic mass is 35.5. The largest absolute Gasteiger partial charge is 0.416 e. The van der Waals surface area contributed by atoms with Crippen LogP contribution in [0, 0.1) is 5.82 Å². The van der Waals surface area contributed by atoms with Gasteiger partial charge in [-0.05, 0) is 42.5 Å². The molecule has 6 rings (SSSR count). The van der Waals surface area contributed by atoms with Crippen LogP contribution in [0.1, 0.15) is 40.8 Å². The molecular weight excluding hydrogens is 654 g/mol. The van der Waals surface area contributed by atoms with Crippen LogP contribution in [0.4, 0.5) is 26.3 Å². The second-order valence-electron chi connectivity index (χ2n) is 9.83. The summed E-state index contributed by atoms with van der Waals surface area (Å²) in [7, 11) is -4.29. The number of sulfonamides is 1. The van der Waals surface area contributed by atoms with Crippen LogP contribution in [0.25, 0.3) is 5.57 Å². The van der Waals surface area contributed by atoms with Crippen molar-refractivity contribution in [3.63, 3.8) is 0 Å². The molecule has 2 aromatic carbocycles. The summed E-state index contributed by atoms with van der Waals surface area (Å²) in [5.41, 5.74) is 0.292. The second-order valence-corrected chi connectivity index (χ2v) is 12.8. The Balaban J connectivity index is 1.44. The molecule has 4 heterocycles. The van der Waals surface area contributed by atoms with Crippen LogP contribution < -0.4 is 4.72 Å². The molecule has 230 valence electrons. The Morgan fingerprint density at radius 3 is 2.45 bits per heavy atom. The summed E-state index contributed by atoms with van der Waals surface area (Å²) in [4.78, 5) is 10.5. The van der Waals surface area contributed by atoms with E-state index in [0.29, 0.717) is 44.5 Å². The Morgan fingerprint density at radius 2 is 1.84 bits per heavy atom. The molecule has 0 unspecified atom stereocenters. The van der Waals surface area contributed by atoms with Gasteiger partial charge in [-0.15, -0.1) is 11.3 Å². The predicted octanol–water partition coefficient (Wildman–Crippen LogP) is 6.51. The van der Waals surface area contributed by atoms with Crippen molar-refractivity contribution in [2.45, 2.75) is 36.1 Å². The van der Waals surface area contributed by atoms with Gasteiger partial charge >= 0.3 is 12.7 Å². The van der Waals surface area contributed by atoms with Gasteiger partial charge in [0, 0.05) is 58.6 Å². The average Bonchev–Trinajstić information content (AvgIpc) is 3.73. The van der Waals surface area contributed by atoms with Crippen molar-refractivity contribution in [3.8, 4) is 0 Å². The van der Waals surface area contributed by atoms with Crippen LogP contribution in [-0.2, 0) is 16.2 Å². The molecule has 1 N–H and O–H groups in total. The first-order valence-electron chi connectivity index (χ1n) is 12.8. The normalized spacial score (nSPS) is 19.1. The standard InChI is InChI=1S/C27H19ClF6N6O2S2/c28-19-11-15(29)3-6-18(19)23-22(20-7-9-40(37-20)26(30)31)21-12-16(13-39(21)24(36-23)25-35-8-10-43-25)38-44(41,42)17-4-1-14(2-5-17)27(32,33)34/h1-11,16,23,26,38H,12-13H2/t16-,23-/m0/s1. The molecule has 0 aliphatic carbocycles. The molecule has 44 heavy (non-hydrogen) atoms. The lowest BCUT2D eigenvalue weighted by molar-refractivity contribution is -0.137. The van der Waals surface area contributed by atoms with Crippen molar-refractivity contribution in [2.24, 2.45) is 4.99 Å². The van der Waals surface area contributed by atoms with Gasteiger partial charge < -0.3 is 4.90 Å². The fourth-order valence-electron chi connectivity index (χ4n) is 5.14. The van der Waals surface area contributed by atoms with Crippen molar-refractivity contribution >= 4 is 44.4 Å². The second kappa shape index (κ2) is 11.3. The summed E-state index contributed by atoms with van der Waals surface area (Å²) in [5.74, 6) is -0.260. The molecule has 0 saturated carbocycles. The molecule has 17 heteroatoms. The Morgan fingerprint density at radius 1 is 1.09 bits per heavy atom. The molecule has 2 aliphatic rings. The van der Waals surface area contributed by atoms with E-state index >= 15 is 0 Å². The molecule has 4 aromatic rings. The number of halogens is 7. The van der Waals surface area contributed by atoms with Gasteiger partial charge in [0.15, 0.2) is 10.8 Å². The Hall–Kier alpha value is -3.73. The number of aliphatic imine (C=N–C) groups is 1. The summed E-state index contributed by atoms with van der Waals surface area (Å²) in [6, 6.07) is 6.37. The number of nitrogens with zero attached hydrogens (tertiary/aromatic N) is 5. The first-order chi connectivity index (χ1) is 20.8. The lowest BCUT2D eigenvalue weighted by Crippen LogP contribution is -2.39. The van der Waals surface area contributed by atoms with Gasteiger partial charge in [-0.2, -0.15) is 27.1 Å². The number of thiazole rings is 1. The maximum Gasteiger partial charge on any atom is 0.416 e. The minimum Gasteiger partial charge on any atom is -0.326 e. The molecule has 1 saturated heterocycles. The average molecular weight is 673 g/mol. The van der Waals surface area contributed by atoms with E-state index in [4.69, 9.17) is 16.6 Å².